The molecule has 3 heterocycles. The third-order valence-corrected chi connectivity index (χ3v) is 3.80. The van der Waals surface area contributed by atoms with Crippen molar-refractivity contribution in [3.8, 4) is 0 Å². The maximum Gasteiger partial charge on any atom is 0.325 e. The largest absolute Gasteiger partial charge is 0.459 e. The Morgan fingerprint density at radius 1 is 1.36 bits per heavy atom. The summed E-state index contributed by atoms with van der Waals surface area (Å²) in [5.41, 5.74) is 1.88. The van der Waals surface area contributed by atoms with Crippen LogP contribution in [0, 0.1) is 6.92 Å². The first-order valence-electron chi connectivity index (χ1n) is 8.47. The molecule has 0 spiro atoms. The van der Waals surface area contributed by atoms with Crippen molar-refractivity contribution in [1.82, 2.24) is 14.6 Å². The van der Waals surface area contributed by atoms with Gasteiger partial charge >= 0.3 is 5.97 Å². The number of hydrogen-bond donors (Lipinski definition) is 1. The fourth-order valence-electron chi connectivity index (χ4n) is 2.69. The second-order valence-electron chi connectivity index (χ2n) is 7.09. The van der Waals surface area contributed by atoms with E-state index in [1.54, 1.807) is 10.7 Å². The number of esters is 1. The average molecular weight is 347 g/mol. The van der Waals surface area contributed by atoms with Gasteiger partial charge < -0.3 is 19.7 Å². The van der Waals surface area contributed by atoms with E-state index in [0.717, 1.165) is 30.3 Å². The molecule has 8 nitrogen and oxygen atoms in total. The minimum absolute atomic E-state index is 0.0748. The number of hydrogen-bond acceptors (Lipinski definition) is 7. The Kier molecular flexibility index (Phi) is 4.80. The molecule has 0 bridgehead atoms. The SMILES string of the molecule is Cc1cnc2c(NCC(=O)OC(C)(C)C)cc(N3CCOCC3)nn12. The first kappa shape index (κ1) is 17.5. The van der Waals surface area contributed by atoms with E-state index in [2.05, 4.69) is 20.3 Å². The summed E-state index contributed by atoms with van der Waals surface area (Å²) < 4.78 is 12.6. The number of rotatable bonds is 4. The summed E-state index contributed by atoms with van der Waals surface area (Å²) in [7, 11) is 0. The van der Waals surface area contributed by atoms with Crippen molar-refractivity contribution in [2.24, 2.45) is 0 Å². The van der Waals surface area contributed by atoms with Crippen LogP contribution in [0.1, 0.15) is 26.5 Å². The Hall–Kier alpha value is -2.35. The van der Waals surface area contributed by atoms with E-state index in [1.165, 1.54) is 0 Å². The molecule has 8 heteroatoms. The van der Waals surface area contributed by atoms with Crippen LogP contribution in [-0.2, 0) is 14.3 Å². The molecular formula is C17H25N5O3. The lowest BCUT2D eigenvalue weighted by Gasteiger charge is -2.28. The van der Waals surface area contributed by atoms with Gasteiger partial charge in [0.2, 0.25) is 0 Å². The van der Waals surface area contributed by atoms with E-state index in [-0.39, 0.29) is 12.5 Å². The van der Waals surface area contributed by atoms with Gasteiger partial charge in [-0.05, 0) is 27.7 Å². The molecule has 1 N–H and O–H groups in total. The van der Waals surface area contributed by atoms with Crippen LogP contribution in [0.5, 0.6) is 0 Å². The molecular weight excluding hydrogens is 322 g/mol. The summed E-state index contributed by atoms with van der Waals surface area (Å²) >= 11 is 0. The quantitative estimate of drug-likeness (QED) is 0.842. The number of fused-ring (bicyclic) bond motifs is 1. The Bertz CT molecular complexity index is 759. The Labute approximate surface area is 147 Å². The molecule has 1 saturated heterocycles. The monoisotopic (exact) mass is 347 g/mol. The van der Waals surface area contributed by atoms with E-state index in [9.17, 15) is 4.79 Å². The molecule has 136 valence electrons. The molecule has 2 aromatic heterocycles. The van der Waals surface area contributed by atoms with Crippen LogP contribution >= 0.6 is 0 Å². The van der Waals surface area contributed by atoms with Crippen LogP contribution in [0.4, 0.5) is 11.5 Å². The summed E-state index contributed by atoms with van der Waals surface area (Å²) in [5.74, 6) is 0.530. The zero-order valence-electron chi connectivity index (χ0n) is 15.2. The molecule has 1 aliphatic heterocycles. The van der Waals surface area contributed by atoms with Gasteiger partial charge in [0.05, 0.1) is 30.8 Å². The molecule has 0 unspecified atom stereocenters. The summed E-state index contributed by atoms with van der Waals surface area (Å²) in [6, 6.07) is 1.93. The highest BCUT2D eigenvalue weighted by atomic mass is 16.6. The Balaban J connectivity index is 1.84. The third kappa shape index (κ3) is 4.19. The summed E-state index contributed by atoms with van der Waals surface area (Å²) in [4.78, 5) is 18.6. The van der Waals surface area contributed by atoms with E-state index in [0.29, 0.717) is 18.9 Å². The van der Waals surface area contributed by atoms with Crippen LogP contribution < -0.4 is 10.2 Å². The van der Waals surface area contributed by atoms with Crippen LogP contribution in [0.3, 0.4) is 0 Å². The van der Waals surface area contributed by atoms with Gasteiger partial charge in [-0.1, -0.05) is 0 Å². The number of imidazole rings is 1. The van der Waals surface area contributed by atoms with Gasteiger partial charge in [-0.3, -0.25) is 4.79 Å². The number of anilines is 2. The normalized spacial score (nSPS) is 15.4. The first-order valence-corrected chi connectivity index (χ1v) is 8.47. The van der Waals surface area contributed by atoms with E-state index >= 15 is 0 Å². The van der Waals surface area contributed by atoms with Gasteiger partial charge in [0.15, 0.2) is 11.5 Å². The lowest BCUT2D eigenvalue weighted by Crippen LogP contribution is -2.37. The predicted molar refractivity (Wildman–Crippen MR) is 95.1 cm³/mol. The topological polar surface area (TPSA) is 81.0 Å². The van der Waals surface area contributed by atoms with Crippen LogP contribution in [0.2, 0.25) is 0 Å². The lowest BCUT2D eigenvalue weighted by atomic mass is 10.2. The minimum atomic E-state index is -0.505. The lowest BCUT2D eigenvalue weighted by molar-refractivity contribution is -0.152. The maximum atomic E-state index is 12.0. The molecule has 3 rings (SSSR count). The molecule has 0 amide bonds. The fraction of sp³-hybridized carbons (Fsp3) is 0.588. The molecule has 0 aromatic carbocycles. The molecule has 2 aromatic rings. The predicted octanol–water partition coefficient (Wildman–Crippen LogP) is 1.63. The average Bonchev–Trinajstić information content (AvgIpc) is 2.93. The van der Waals surface area contributed by atoms with Crippen molar-refractivity contribution < 1.29 is 14.3 Å². The van der Waals surface area contributed by atoms with Gasteiger partial charge in [-0.2, -0.15) is 0 Å². The van der Waals surface area contributed by atoms with Gasteiger partial charge in [0.25, 0.3) is 0 Å². The minimum Gasteiger partial charge on any atom is -0.459 e. The van der Waals surface area contributed by atoms with Gasteiger partial charge in [-0.25, -0.2) is 9.50 Å². The number of carbonyl (C=O) groups is 1. The second kappa shape index (κ2) is 6.87. The van der Waals surface area contributed by atoms with E-state index in [4.69, 9.17) is 9.47 Å². The van der Waals surface area contributed by atoms with Gasteiger partial charge in [0, 0.05) is 19.2 Å². The van der Waals surface area contributed by atoms with E-state index < -0.39 is 5.60 Å². The first-order chi connectivity index (χ1) is 11.8. The highest BCUT2D eigenvalue weighted by Gasteiger charge is 2.19. The van der Waals surface area contributed by atoms with Crippen molar-refractivity contribution in [2.45, 2.75) is 33.3 Å². The fourth-order valence-corrected chi connectivity index (χ4v) is 2.69. The van der Waals surface area contributed by atoms with Gasteiger partial charge in [-0.15, -0.1) is 5.10 Å². The molecule has 1 aliphatic rings. The molecule has 0 atom stereocenters. The number of ether oxygens (including phenoxy) is 2. The molecule has 0 aliphatic carbocycles. The molecule has 25 heavy (non-hydrogen) atoms. The van der Waals surface area contributed by atoms with Crippen molar-refractivity contribution in [1.29, 1.82) is 0 Å². The van der Waals surface area contributed by atoms with Crippen LogP contribution in [0.15, 0.2) is 12.3 Å². The zero-order valence-corrected chi connectivity index (χ0v) is 15.2. The summed E-state index contributed by atoms with van der Waals surface area (Å²) in [6.07, 6.45) is 1.77. The van der Waals surface area contributed by atoms with Gasteiger partial charge in [0.1, 0.15) is 12.1 Å². The Morgan fingerprint density at radius 3 is 2.76 bits per heavy atom. The third-order valence-electron chi connectivity index (χ3n) is 3.80. The number of nitrogens with zero attached hydrogens (tertiary/aromatic N) is 4. The zero-order chi connectivity index (χ0) is 18.0. The highest BCUT2D eigenvalue weighted by Crippen LogP contribution is 2.23. The van der Waals surface area contributed by atoms with Crippen LogP contribution in [0.25, 0.3) is 5.65 Å². The number of aromatic nitrogens is 3. The number of morpholine rings is 1. The van der Waals surface area contributed by atoms with Crippen LogP contribution in [-0.4, -0.2) is 59.0 Å². The molecule has 1 fully saturated rings. The molecule has 0 radical (unpaired) electrons. The van der Waals surface area contributed by atoms with Crippen molar-refractivity contribution in [3.05, 3.63) is 18.0 Å². The number of carbonyl (C=O) groups excluding carboxylic acids is 1. The number of aryl methyl sites for hydroxylation is 1. The number of nitrogens with one attached hydrogen (secondary N) is 1. The second-order valence-corrected chi connectivity index (χ2v) is 7.09. The van der Waals surface area contributed by atoms with Crippen molar-refractivity contribution >= 4 is 23.1 Å². The summed E-state index contributed by atoms with van der Waals surface area (Å²) in [5, 5.41) is 7.82. The van der Waals surface area contributed by atoms with Crippen molar-refractivity contribution in [3.63, 3.8) is 0 Å². The molecule has 0 saturated carbocycles. The standard InChI is InChI=1S/C17H25N5O3/c1-12-10-19-16-13(18-11-15(23)25-17(2,3)4)9-14(20-22(12)16)21-5-7-24-8-6-21/h9-10,18H,5-8,11H2,1-4H3. The smallest absolute Gasteiger partial charge is 0.325 e. The van der Waals surface area contributed by atoms with Crippen molar-refractivity contribution in [2.75, 3.05) is 43.1 Å². The van der Waals surface area contributed by atoms with E-state index in [1.807, 2.05) is 33.8 Å². The Morgan fingerprint density at radius 2 is 2.08 bits per heavy atom. The maximum absolute atomic E-state index is 12.0. The highest BCUT2D eigenvalue weighted by molar-refractivity contribution is 5.79. The summed E-state index contributed by atoms with van der Waals surface area (Å²) in [6.45, 7) is 10.5.